The highest BCUT2D eigenvalue weighted by Crippen LogP contribution is 2.13. The summed E-state index contributed by atoms with van der Waals surface area (Å²) in [7, 11) is 0. The van der Waals surface area contributed by atoms with Crippen molar-refractivity contribution in [1.82, 2.24) is 10.2 Å². The number of benzene rings is 2. The van der Waals surface area contributed by atoms with Crippen molar-refractivity contribution in [2.75, 3.05) is 13.1 Å². The molecule has 0 radical (unpaired) electrons. The molecule has 0 spiro atoms. The van der Waals surface area contributed by atoms with Crippen LogP contribution in [0, 0.1) is 5.82 Å². The number of amides is 2. The lowest BCUT2D eigenvalue weighted by Gasteiger charge is -2.31. The standard InChI is InChI=1S/C21H23FN2O2/c22-18-11-7-10-17(15-18)20(25)23-19(14-16-8-3-1-4-9-16)21(26)24-12-5-2-6-13-24/h1,3-4,7-11,15,19H,2,5-6,12-14H2,(H,23,25)/t19-/m0/s1. The predicted octanol–water partition coefficient (Wildman–Crippen LogP) is 3.18. The number of rotatable bonds is 5. The number of piperidine rings is 1. The summed E-state index contributed by atoms with van der Waals surface area (Å²) in [5.41, 5.74) is 1.19. The summed E-state index contributed by atoms with van der Waals surface area (Å²) in [4.78, 5) is 27.3. The van der Waals surface area contributed by atoms with Crippen LogP contribution in [0.1, 0.15) is 35.2 Å². The molecule has 136 valence electrons. The maximum Gasteiger partial charge on any atom is 0.252 e. The molecule has 2 amide bonds. The van der Waals surface area contributed by atoms with E-state index in [9.17, 15) is 14.0 Å². The molecule has 2 aromatic rings. The largest absolute Gasteiger partial charge is 0.341 e. The van der Waals surface area contributed by atoms with E-state index in [2.05, 4.69) is 5.32 Å². The number of nitrogens with zero attached hydrogens (tertiary/aromatic N) is 1. The molecule has 1 aliphatic heterocycles. The van der Waals surface area contributed by atoms with Gasteiger partial charge in [0.25, 0.3) is 5.91 Å². The van der Waals surface area contributed by atoms with Crippen LogP contribution in [0.25, 0.3) is 0 Å². The summed E-state index contributed by atoms with van der Waals surface area (Å²) in [6, 6.07) is 14.4. The fourth-order valence-electron chi connectivity index (χ4n) is 3.26. The molecule has 0 bridgehead atoms. The van der Waals surface area contributed by atoms with Gasteiger partial charge in [0.1, 0.15) is 11.9 Å². The number of hydrogen-bond acceptors (Lipinski definition) is 2. The maximum absolute atomic E-state index is 13.4. The van der Waals surface area contributed by atoms with Gasteiger partial charge >= 0.3 is 0 Å². The Balaban J connectivity index is 1.77. The molecule has 1 heterocycles. The predicted molar refractivity (Wildman–Crippen MR) is 98.2 cm³/mol. The minimum absolute atomic E-state index is 0.0710. The number of carbonyl (C=O) groups is 2. The van der Waals surface area contributed by atoms with Gasteiger partial charge in [-0.15, -0.1) is 0 Å². The Bertz CT molecular complexity index is 758. The van der Waals surface area contributed by atoms with Crippen LogP contribution in [0.3, 0.4) is 0 Å². The smallest absolute Gasteiger partial charge is 0.252 e. The highest BCUT2D eigenvalue weighted by atomic mass is 19.1. The van der Waals surface area contributed by atoms with E-state index in [1.54, 1.807) is 6.07 Å². The normalized spacial score (nSPS) is 15.3. The third-order valence-electron chi connectivity index (χ3n) is 4.64. The third kappa shape index (κ3) is 4.69. The zero-order valence-corrected chi connectivity index (χ0v) is 14.7. The van der Waals surface area contributed by atoms with Crippen molar-refractivity contribution >= 4 is 11.8 Å². The molecule has 2 aromatic carbocycles. The molecule has 1 fully saturated rings. The molecular formula is C21H23FN2O2. The van der Waals surface area contributed by atoms with Crippen molar-refractivity contribution < 1.29 is 14.0 Å². The molecule has 5 heteroatoms. The van der Waals surface area contributed by atoms with Gasteiger partial charge in [-0.3, -0.25) is 9.59 Å². The van der Waals surface area contributed by atoms with Crippen LogP contribution in [0.2, 0.25) is 0 Å². The van der Waals surface area contributed by atoms with Crippen molar-refractivity contribution in [2.24, 2.45) is 0 Å². The second-order valence-electron chi connectivity index (χ2n) is 6.61. The van der Waals surface area contributed by atoms with Crippen LogP contribution >= 0.6 is 0 Å². The number of carbonyl (C=O) groups excluding carboxylic acids is 2. The van der Waals surface area contributed by atoms with E-state index in [4.69, 9.17) is 0 Å². The average molecular weight is 354 g/mol. The van der Waals surface area contributed by atoms with E-state index in [1.807, 2.05) is 35.2 Å². The van der Waals surface area contributed by atoms with Crippen LogP contribution in [0.4, 0.5) is 4.39 Å². The zero-order valence-electron chi connectivity index (χ0n) is 14.7. The molecule has 1 saturated heterocycles. The fraction of sp³-hybridized carbons (Fsp3) is 0.333. The van der Waals surface area contributed by atoms with E-state index in [0.29, 0.717) is 6.42 Å². The van der Waals surface area contributed by atoms with Gasteiger partial charge in [-0.25, -0.2) is 4.39 Å². The molecule has 1 N–H and O–H groups in total. The van der Waals surface area contributed by atoms with Gasteiger partial charge in [-0.05, 0) is 43.0 Å². The Morgan fingerprint density at radius 2 is 1.73 bits per heavy atom. The molecule has 4 nitrogen and oxygen atoms in total. The number of likely N-dealkylation sites (tertiary alicyclic amines) is 1. The van der Waals surface area contributed by atoms with Gasteiger partial charge in [-0.1, -0.05) is 36.4 Å². The lowest BCUT2D eigenvalue weighted by molar-refractivity contribution is -0.134. The first-order chi connectivity index (χ1) is 12.6. The summed E-state index contributed by atoms with van der Waals surface area (Å²) in [6.45, 7) is 1.44. The topological polar surface area (TPSA) is 49.4 Å². The second-order valence-corrected chi connectivity index (χ2v) is 6.61. The molecule has 0 aromatic heterocycles. The lowest BCUT2D eigenvalue weighted by atomic mass is 10.0. The maximum atomic E-state index is 13.4. The van der Waals surface area contributed by atoms with Crippen LogP contribution < -0.4 is 5.32 Å². The van der Waals surface area contributed by atoms with E-state index in [1.165, 1.54) is 18.2 Å². The van der Waals surface area contributed by atoms with Gasteiger partial charge in [0.15, 0.2) is 0 Å². The molecular weight excluding hydrogens is 331 g/mol. The quantitative estimate of drug-likeness (QED) is 0.897. The third-order valence-corrected chi connectivity index (χ3v) is 4.64. The van der Waals surface area contributed by atoms with Crippen molar-refractivity contribution in [3.8, 4) is 0 Å². The van der Waals surface area contributed by atoms with Crippen molar-refractivity contribution in [3.05, 3.63) is 71.5 Å². The minimum atomic E-state index is -0.661. The van der Waals surface area contributed by atoms with Crippen LogP contribution in [-0.2, 0) is 11.2 Å². The van der Waals surface area contributed by atoms with Crippen molar-refractivity contribution in [1.29, 1.82) is 0 Å². The van der Waals surface area contributed by atoms with Crippen LogP contribution in [-0.4, -0.2) is 35.8 Å². The summed E-state index contributed by atoms with van der Waals surface area (Å²) in [5.74, 6) is -0.978. The summed E-state index contributed by atoms with van der Waals surface area (Å²) in [6.07, 6.45) is 3.52. The minimum Gasteiger partial charge on any atom is -0.341 e. The Kier molecular flexibility index (Phi) is 6.00. The molecule has 0 saturated carbocycles. The lowest BCUT2D eigenvalue weighted by Crippen LogP contribution is -2.51. The van der Waals surface area contributed by atoms with Gasteiger partial charge in [0, 0.05) is 25.1 Å². The molecule has 3 rings (SSSR count). The molecule has 26 heavy (non-hydrogen) atoms. The van der Waals surface area contributed by atoms with E-state index >= 15 is 0 Å². The number of hydrogen-bond donors (Lipinski definition) is 1. The average Bonchev–Trinajstić information content (AvgIpc) is 2.68. The van der Waals surface area contributed by atoms with E-state index in [-0.39, 0.29) is 11.5 Å². The second kappa shape index (κ2) is 8.61. The van der Waals surface area contributed by atoms with Crippen LogP contribution in [0.15, 0.2) is 54.6 Å². The SMILES string of the molecule is O=C(N[C@@H](Cc1ccccc1)C(=O)N1CCCCC1)c1cccc(F)c1. The van der Waals surface area contributed by atoms with Crippen LogP contribution in [0.5, 0.6) is 0 Å². The summed E-state index contributed by atoms with van der Waals surface area (Å²) < 4.78 is 13.4. The fourth-order valence-corrected chi connectivity index (χ4v) is 3.26. The summed E-state index contributed by atoms with van der Waals surface area (Å²) >= 11 is 0. The first-order valence-corrected chi connectivity index (χ1v) is 9.02. The van der Waals surface area contributed by atoms with Gasteiger partial charge in [0.2, 0.25) is 5.91 Å². The Hall–Kier alpha value is -2.69. The monoisotopic (exact) mass is 354 g/mol. The highest BCUT2D eigenvalue weighted by Gasteiger charge is 2.27. The molecule has 1 aliphatic rings. The van der Waals surface area contributed by atoms with E-state index < -0.39 is 17.8 Å². The molecule has 0 aliphatic carbocycles. The van der Waals surface area contributed by atoms with Crippen molar-refractivity contribution in [3.63, 3.8) is 0 Å². The zero-order chi connectivity index (χ0) is 18.4. The Labute approximate surface area is 153 Å². The Morgan fingerprint density at radius 3 is 2.42 bits per heavy atom. The highest BCUT2D eigenvalue weighted by molar-refractivity contribution is 5.97. The Morgan fingerprint density at radius 1 is 1.00 bits per heavy atom. The van der Waals surface area contributed by atoms with E-state index in [0.717, 1.165) is 37.9 Å². The molecule has 0 unspecified atom stereocenters. The van der Waals surface area contributed by atoms with Gasteiger partial charge in [0.05, 0.1) is 0 Å². The molecule has 1 atom stereocenters. The van der Waals surface area contributed by atoms with Crippen molar-refractivity contribution in [2.45, 2.75) is 31.7 Å². The van der Waals surface area contributed by atoms with Gasteiger partial charge < -0.3 is 10.2 Å². The first kappa shape index (κ1) is 18.1. The van der Waals surface area contributed by atoms with Gasteiger partial charge in [-0.2, -0.15) is 0 Å². The first-order valence-electron chi connectivity index (χ1n) is 9.02. The summed E-state index contributed by atoms with van der Waals surface area (Å²) in [5, 5.41) is 2.81. The number of nitrogens with one attached hydrogen (secondary N) is 1. The number of halogens is 1.